The lowest BCUT2D eigenvalue weighted by Crippen LogP contribution is -2.07. The highest BCUT2D eigenvalue weighted by Gasteiger charge is 2.13. The molecule has 0 spiro atoms. The second-order valence-electron chi connectivity index (χ2n) is 3.69. The van der Waals surface area contributed by atoms with E-state index >= 15 is 0 Å². The molecule has 1 heterocycles. The van der Waals surface area contributed by atoms with Crippen LogP contribution in [0.3, 0.4) is 0 Å². The van der Waals surface area contributed by atoms with Crippen LogP contribution in [0.4, 0.5) is 0 Å². The molecule has 0 aliphatic rings. The van der Waals surface area contributed by atoms with Gasteiger partial charge in [0, 0.05) is 17.0 Å². The normalized spacial score (nSPS) is 12.7. The summed E-state index contributed by atoms with van der Waals surface area (Å²) in [4.78, 5) is 4.08. The van der Waals surface area contributed by atoms with Gasteiger partial charge in [0.25, 0.3) is 0 Å². The first kappa shape index (κ1) is 12.8. The summed E-state index contributed by atoms with van der Waals surface area (Å²) >= 11 is 8.17. The monoisotopic (exact) mass is 363 g/mol. The van der Waals surface area contributed by atoms with Crippen molar-refractivity contribution in [3.05, 3.63) is 44.5 Å². The molecule has 0 bridgehead atoms. The van der Waals surface area contributed by atoms with Gasteiger partial charge in [-0.25, -0.2) is 4.98 Å². The highest BCUT2D eigenvalue weighted by atomic mass is 127. The number of aliphatic hydroxyl groups excluding tert-OH is 1. The Kier molecular flexibility index (Phi) is 4.01. The van der Waals surface area contributed by atoms with E-state index in [0.29, 0.717) is 11.4 Å². The van der Waals surface area contributed by atoms with E-state index in [0.717, 1.165) is 15.0 Å². The minimum absolute atomic E-state index is 0.424. The number of aliphatic hydroxyl groups is 1. The molecule has 1 aromatic heterocycles. The molecule has 1 atom stereocenters. The van der Waals surface area contributed by atoms with Crippen LogP contribution in [0.5, 0.6) is 0 Å². The third-order valence-corrected chi connectivity index (χ3v) is 4.08. The maximum atomic E-state index is 10.1. The van der Waals surface area contributed by atoms with Crippen LogP contribution in [-0.4, -0.2) is 19.9 Å². The summed E-state index contributed by atoms with van der Waals surface area (Å²) in [6.07, 6.45) is 1.28. The molecule has 0 aliphatic heterocycles. The number of rotatable bonds is 3. The number of hydrogen-bond donors (Lipinski definition) is 1. The largest absolute Gasteiger partial charge is 0.388 e. The van der Waals surface area contributed by atoms with Crippen LogP contribution in [0.25, 0.3) is 0 Å². The zero-order valence-corrected chi connectivity index (χ0v) is 12.1. The Morgan fingerprint density at radius 3 is 2.88 bits per heavy atom. The van der Waals surface area contributed by atoms with E-state index in [1.165, 1.54) is 6.33 Å². The fraction of sp³-hybridized carbons (Fsp3) is 0.273. The van der Waals surface area contributed by atoms with Crippen molar-refractivity contribution in [3.63, 3.8) is 0 Å². The summed E-state index contributed by atoms with van der Waals surface area (Å²) in [5.41, 5.74) is 0.790. The van der Waals surface area contributed by atoms with Crippen LogP contribution in [0.15, 0.2) is 24.5 Å². The van der Waals surface area contributed by atoms with Crippen LogP contribution < -0.4 is 0 Å². The summed E-state index contributed by atoms with van der Waals surface area (Å²) in [5.74, 6) is 0.743. The summed E-state index contributed by atoms with van der Waals surface area (Å²) in [6.45, 7) is 0. The SMILES string of the molecule is Cn1ncnc1CC(O)c1ccc(I)c(Cl)c1. The Morgan fingerprint density at radius 2 is 2.29 bits per heavy atom. The summed E-state index contributed by atoms with van der Waals surface area (Å²) in [6, 6.07) is 5.54. The van der Waals surface area contributed by atoms with Crippen LogP contribution in [0.2, 0.25) is 5.02 Å². The Bertz CT molecular complexity index is 529. The molecule has 0 saturated carbocycles. The highest BCUT2D eigenvalue weighted by molar-refractivity contribution is 14.1. The Hall–Kier alpha value is -0.660. The van der Waals surface area contributed by atoms with Crippen molar-refractivity contribution in [2.75, 3.05) is 0 Å². The second kappa shape index (κ2) is 5.32. The Balaban J connectivity index is 2.17. The number of aromatic nitrogens is 3. The molecule has 0 fully saturated rings. The van der Waals surface area contributed by atoms with Gasteiger partial charge in [0.1, 0.15) is 12.2 Å². The highest BCUT2D eigenvalue weighted by Crippen LogP contribution is 2.24. The number of nitrogens with zero attached hydrogens (tertiary/aromatic N) is 3. The summed E-state index contributed by atoms with van der Waals surface area (Å²) in [7, 11) is 1.80. The summed E-state index contributed by atoms with van der Waals surface area (Å²) in [5, 5.41) is 14.7. The molecule has 90 valence electrons. The molecular formula is C11H11ClIN3O. The molecule has 1 unspecified atom stereocenters. The zero-order chi connectivity index (χ0) is 12.4. The van der Waals surface area contributed by atoms with Gasteiger partial charge in [-0.3, -0.25) is 4.68 Å². The van der Waals surface area contributed by atoms with E-state index in [1.807, 2.05) is 12.1 Å². The molecule has 0 amide bonds. The van der Waals surface area contributed by atoms with Crippen molar-refractivity contribution < 1.29 is 5.11 Å². The molecule has 1 N–H and O–H groups in total. The van der Waals surface area contributed by atoms with Gasteiger partial charge in [-0.1, -0.05) is 17.7 Å². The van der Waals surface area contributed by atoms with Gasteiger partial charge in [-0.2, -0.15) is 5.10 Å². The minimum atomic E-state index is -0.618. The lowest BCUT2D eigenvalue weighted by molar-refractivity contribution is 0.174. The predicted octanol–water partition coefficient (Wildman–Crippen LogP) is 2.35. The van der Waals surface area contributed by atoms with Crippen molar-refractivity contribution in [2.45, 2.75) is 12.5 Å². The van der Waals surface area contributed by atoms with E-state index < -0.39 is 6.10 Å². The van der Waals surface area contributed by atoms with Gasteiger partial charge >= 0.3 is 0 Å². The van der Waals surface area contributed by atoms with E-state index in [4.69, 9.17) is 11.6 Å². The third-order valence-electron chi connectivity index (χ3n) is 2.51. The van der Waals surface area contributed by atoms with Crippen molar-refractivity contribution in [1.29, 1.82) is 0 Å². The van der Waals surface area contributed by atoms with E-state index in [1.54, 1.807) is 17.8 Å². The standard InChI is InChI=1S/C11H11ClIN3O/c1-16-11(14-6-15-16)5-10(17)7-2-3-9(13)8(12)4-7/h2-4,6,10,17H,5H2,1H3. The zero-order valence-electron chi connectivity index (χ0n) is 9.14. The van der Waals surface area contributed by atoms with Crippen LogP contribution >= 0.6 is 34.2 Å². The minimum Gasteiger partial charge on any atom is -0.388 e. The fourth-order valence-electron chi connectivity index (χ4n) is 1.52. The first-order chi connectivity index (χ1) is 8.08. The molecule has 17 heavy (non-hydrogen) atoms. The number of aryl methyl sites for hydroxylation is 1. The van der Waals surface area contributed by atoms with E-state index in [-0.39, 0.29) is 0 Å². The van der Waals surface area contributed by atoms with E-state index in [2.05, 4.69) is 32.7 Å². The van der Waals surface area contributed by atoms with Crippen molar-refractivity contribution >= 4 is 34.2 Å². The molecule has 0 saturated heterocycles. The van der Waals surface area contributed by atoms with Gasteiger partial charge in [-0.15, -0.1) is 0 Å². The third kappa shape index (κ3) is 2.97. The van der Waals surface area contributed by atoms with Crippen LogP contribution in [0, 0.1) is 3.57 Å². The lowest BCUT2D eigenvalue weighted by Gasteiger charge is -2.11. The van der Waals surface area contributed by atoms with Crippen molar-refractivity contribution in [3.8, 4) is 0 Å². The molecule has 2 aromatic rings. The number of halogens is 2. The van der Waals surface area contributed by atoms with Gasteiger partial charge < -0.3 is 5.11 Å². The van der Waals surface area contributed by atoms with Crippen LogP contribution in [0.1, 0.15) is 17.5 Å². The quantitative estimate of drug-likeness (QED) is 0.852. The Morgan fingerprint density at radius 1 is 1.53 bits per heavy atom. The molecule has 2 rings (SSSR count). The van der Waals surface area contributed by atoms with E-state index in [9.17, 15) is 5.11 Å². The molecule has 0 aliphatic carbocycles. The van der Waals surface area contributed by atoms with Crippen molar-refractivity contribution in [1.82, 2.24) is 14.8 Å². The first-order valence-electron chi connectivity index (χ1n) is 5.04. The topological polar surface area (TPSA) is 50.9 Å². The van der Waals surface area contributed by atoms with Gasteiger partial charge in [0.2, 0.25) is 0 Å². The Labute approximate surface area is 118 Å². The maximum Gasteiger partial charge on any atom is 0.138 e. The summed E-state index contributed by atoms with van der Waals surface area (Å²) < 4.78 is 2.62. The molecule has 4 nitrogen and oxygen atoms in total. The average molecular weight is 364 g/mol. The number of hydrogen-bond acceptors (Lipinski definition) is 3. The van der Waals surface area contributed by atoms with Crippen molar-refractivity contribution in [2.24, 2.45) is 7.05 Å². The van der Waals surface area contributed by atoms with Gasteiger partial charge in [-0.05, 0) is 40.3 Å². The lowest BCUT2D eigenvalue weighted by atomic mass is 10.1. The predicted molar refractivity (Wildman–Crippen MR) is 73.8 cm³/mol. The number of benzene rings is 1. The second-order valence-corrected chi connectivity index (χ2v) is 5.26. The first-order valence-corrected chi connectivity index (χ1v) is 6.49. The molecule has 0 radical (unpaired) electrons. The molecular weight excluding hydrogens is 352 g/mol. The average Bonchev–Trinajstić information content (AvgIpc) is 2.68. The van der Waals surface area contributed by atoms with Gasteiger partial charge in [0.05, 0.1) is 11.1 Å². The smallest absolute Gasteiger partial charge is 0.138 e. The maximum absolute atomic E-state index is 10.1. The molecule has 6 heteroatoms. The fourth-order valence-corrected chi connectivity index (χ4v) is 2.04. The van der Waals surface area contributed by atoms with Crippen LogP contribution in [-0.2, 0) is 13.5 Å². The molecule has 1 aromatic carbocycles. The van der Waals surface area contributed by atoms with Gasteiger partial charge in [0.15, 0.2) is 0 Å².